The van der Waals surface area contributed by atoms with Gasteiger partial charge in [-0.25, -0.2) is 9.97 Å². The van der Waals surface area contributed by atoms with Crippen LogP contribution in [-0.2, 0) is 9.47 Å². The molecule has 1 amide bonds. The van der Waals surface area contributed by atoms with Crippen LogP contribution in [0.4, 0.5) is 0 Å². The van der Waals surface area contributed by atoms with E-state index in [4.69, 9.17) is 9.47 Å². The SMILES string of the molecule is CO[C@H]1C[C@@H]2CNC[C@@H]2C[C@@H]1NC(=O)c1cnc2c(c1)ncn2C1CCOCC1. The second kappa shape index (κ2) is 8.01. The predicted molar refractivity (Wildman–Crippen MR) is 108 cm³/mol. The Hall–Kier alpha value is -2.03. The minimum Gasteiger partial charge on any atom is -0.381 e. The number of amides is 1. The van der Waals surface area contributed by atoms with Crippen LogP contribution < -0.4 is 10.6 Å². The normalized spacial score (nSPS) is 30.4. The van der Waals surface area contributed by atoms with Crippen molar-refractivity contribution in [3.8, 4) is 0 Å². The van der Waals surface area contributed by atoms with Gasteiger partial charge in [-0.05, 0) is 56.7 Å². The standard InChI is InChI=1S/C21H29N5O3/c1-28-19-8-14-10-22-9-13(14)6-17(19)25-21(27)15-7-18-20(23-11-15)26(12-24-18)16-2-4-29-5-3-16/h7,11-14,16-17,19,22H,2-6,8-10H2,1H3,(H,25,27)/t13-,14+,17-,19-/m0/s1. The van der Waals surface area contributed by atoms with Gasteiger partial charge in [0.2, 0.25) is 0 Å². The monoisotopic (exact) mass is 399 g/mol. The van der Waals surface area contributed by atoms with Crippen molar-refractivity contribution in [2.45, 2.75) is 43.9 Å². The summed E-state index contributed by atoms with van der Waals surface area (Å²) < 4.78 is 13.3. The van der Waals surface area contributed by atoms with Gasteiger partial charge in [0.1, 0.15) is 5.52 Å². The molecule has 3 aliphatic rings. The molecule has 8 heteroatoms. The van der Waals surface area contributed by atoms with E-state index in [1.165, 1.54) is 0 Å². The molecular formula is C21H29N5O3. The first-order valence-corrected chi connectivity index (χ1v) is 10.7. The van der Waals surface area contributed by atoms with Crippen molar-refractivity contribution >= 4 is 17.1 Å². The lowest BCUT2D eigenvalue weighted by Crippen LogP contribution is -2.50. The number of hydrogen-bond acceptors (Lipinski definition) is 6. The molecule has 2 N–H and O–H groups in total. The molecule has 4 atom stereocenters. The number of rotatable bonds is 4. The average molecular weight is 399 g/mol. The largest absolute Gasteiger partial charge is 0.381 e. The van der Waals surface area contributed by atoms with Gasteiger partial charge in [-0.2, -0.15) is 0 Å². The molecule has 2 aliphatic heterocycles. The summed E-state index contributed by atoms with van der Waals surface area (Å²) in [5.41, 5.74) is 2.15. The van der Waals surface area contributed by atoms with Crippen LogP contribution in [0.25, 0.3) is 11.2 Å². The summed E-state index contributed by atoms with van der Waals surface area (Å²) in [4.78, 5) is 22.0. The Bertz CT molecular complexity index is 878. The van der Waals surface area contributed by atoms with Crippen molar-refractivity contribution in [2.75, 3.05) is 33.4 Å². The van der Waals surface area contributed by atoms with Crippen LogP contribution in [0.5, 0.6) is 0 Å². The fourth-order valence-electron chi connectivity index (χ4n) is 5.22. The molecule has 2 aromatic heterocycles. The second-order valence-electron chi connectivity index (χ2n) is 8.57. The number of fused-ring (bicyclic) bond motifs is 2. The van der Waals surface area contributed by atoms with Crippen LogP contribution in [-0.4, -0.2) is 66.0 Å². The van der Waals surface area contributed by atoms with Crippen LogP contribution in [0.1, 0.15) is 42.1 Å². The number of hydrogen-bond donors (Lipinski definition) is 2. The van der Waals surface area contributed by atoms with E-state index in [1.54, 1.807) is 13.3 Å². The molecule has 1 saturated carbocycles. The molecule has 0 spiro atoms. The van der Waals surface area contributed by atoms with Gasteiger partial charge in [-0.15, -0.1) is 0 Å². The number of carbonyl (C=O) groups excluding carboxylic acids is 1. The zero-order valence-electron chi connectivity index (χ0n) is 16.8. The lowest BCUT2D eigenvalue weighted by Gasteiger charge is -2.37. The topological polar surface area (TPSA) is 90.3 Å². The molecule has 4 heterocycles. The minimum atomic E-state index is -0.100. The molecule has 5 rings (SSSR count). The van der Waals surface area contributed by atoms with Crippen LogP contribution >= 0.6 is 0 Å². The average Bonchev–Trinajstić information content (AvgIpc) is 3.39. The predicted octanol–water partition coefficient (Wildman–Crippen LogP) is 1.53. The first kappa shape index (κ1) is 19.0. The summed E-state index contributed by atoms with van der Waals surface area (Å²) in [6, 6.07) is 2.24. The maximum Gasteiger partial charge on any atom is 0.253 e. The Morgan fingerprint density at radius 1 is 1.24 bits per heavy atom. The Morgan fingerprint density at radius 2 is 2.03 bits per heavy atom. The maximum absolute atomic E-state index is 12.9. The summed E-state index contributed by atoms with van der Waals surface area (Å²) in [6.45, 7) is 3.63. The quantitative estimate of drug-likeness (QED) is 0.810. The molecule has 29 heavy (non-hydrogen) atoms. The number of aromatic nitrogens is 3. The van der Waals surface area contributed by atoms with Crippen LogP contribution in [0.2, 0.25) is 0 Å². The van der Waals surface area contributed by atoms with Crippen molar-refractivity contribution < 1.29 is 14.3 Å². The third-order valence-corrected chi connectivity index (χ3v) is 6.90. The highest BCUT2D eigenvalue weighted by Crippen LogP contribution is 2.34. The number of nitrogens with one attached hydrogen (secondary N) is 2. The van der Waals surface area contributed by atoms with Crippen molar-refractivity contribution in [3.63, 3.8) is 0 Å². The smallest absolute Gasteiger partial charge is 0.253 e. The summed E-state index contributed by atoms with van der Waals surface area (Å²) in [6.07, 6.45) is 7.44. The van der Waals surface area contributed by atoms with Gasteiger partial charge in [0.15, 0.2) is 5.65 Å². The van der Waals surface area contributed by atoms with E-state index >= 15 is 0 Å². The molecule has 156 valence electrons. The summed E-state index contributed by atoms with van der Waals surface area (Å²) in [5, 5.41) is 6.67. The number of carbonyl (C=O) groups is 1. The van der Waals surface area contributed by atoms with E-state index in [1.807, 2.05) is 12.4 Å². The Balaban J connectivity index is 1.31. The van der Waals surface area contributed by atoms with E-state index in [9.17, 15) is 4.79 Å². The van der Waals surface area contributed by atoms with Crippen LogP contribution in [0.3, 0.4) is 0 Å². The first-order valence-electron chi connectivity index (χ1n) is 10.7. The van der Waals surface area contributed by atoms with E-state index in [-0.39, 0.29) is 18.1 Å². The van der Waals surface area contributed by atoms with E-state index in [2.05, 4.69) is 25.2 Å². The summed E-state index contributed by atoms with van der Waals surface area (Å²) in [5.74, 6) is 1.17. The van der Waals surface area contributed by atoms with Crippen LogP contribution in [0.15, 0.2) is 18.6 Å². The summed E-state index contributed by atoms with van der Waals surface area (Å²) in [7, 11) is 1.74. The van der Waals surface area contributed by atoms with Gasteiger partial charge in [0, 0.05) is 32.6 Å². The molecule has 0 radical (unpaired) electrons. The van der Waals surface area contributed by atoms with Crippen molar-refractivity contribution in [1.29, 1.82) is 0 Å². The molecule has 0 aromatic carbocycles. The van der Waals surface area contributed by atoms with Gasteiger partial charge >= 0.3 is 0 Å². The Kier molecular flexibility index (Phi) is 5.24. The number of ether oxygens (including phenoxy) is 2. The van der Waals surface area contributed by atoms with E-state index < -0.39 is 0 Å². The number of nitrogens with zero attached hydrogens (tertiary/aromatic N) is 3. The van der Waals surface area contributed by atoms with Crippen molar-refractivity contribution in [2.24, 2.45) is 11.8 Å². The van der Waals surface area contributed by atoms with Crippen LogP contribution in [0, 0.1) is 11.8 Å². The lowest BCUT2D eigenvalue weighted by molar-refractivity contribution is 0.0125. The molecule has 0 bridgehead atoms. The highest BCUT2D eigenvalue weighted by molar-refractivity contribution is 5.96. The minimum absolute atomic E-state index is 0.0316. The summed E-state index contributed by atoms with van der Waals surface area (Å²) >= 11 is 0. The van der Waals surface area contributed by atoms with Gasteiger partial charge < -0.3 is 24.7 Å². The van der Waals surface area contributed by atoms with E-state index in [0.717, 1.165) is 63.2 Å². The zero-order chi connectivity index (χ0) is 19.8. The molecule has 1 aliphatic carbocycles. The molecule has 2 saturated heterocycles. The van der Waals surface area contributed by atoms with Gasteiger partial charge in [-0.1, -0.05) is 0 Å². The highest BCUT2D eigenvalue weighted by Gasteiger charge is 2.40. The highest BCUT2D eigenvalue weighted by atomic mass is 16.5. The molecular weight excluding hydrogens is 370 g/mol. The second-order valence-corrected chi connectivity index (χ2v) is 8.57. The molecule has 8 nitrogen and oxygen atoms in total. The fraction of sp³-hybridized carbons (Fsp3) is 0.667. The number of pyridine rings is 1. The maximum atomic E-state index is 12.9. The van der Waals surface area contributed by atoms with Gasteiger partial charge in [0.05, 0.1) is 24.0 Å². The van der Waals surface area contributed by atoms with E-state index in [0.29, 0.717) is 23.4 Å². The zero-order valence-corrected chi connectivity index (χ0v) is 16.8. The van der Waals surface area contributed by atoms with Gasteiger partial charge in [-0.3, -0.25) is 4.79 Å². The molecule has 0 unspecified atom stereocenters. The van der Waals surface area contributed by atoms with Gasteiger partial charge in [0.25, 0.3) is 5.91 Å². The first-order chi connectivity index (χ1) is 14.2. The number of methoxy groups -OCH3 is 1. The third kappa shape index (κ3) is 3.65. The lowest BCUT2D eigenvalue weighted by atomic mass is 9.77. The third-order valence-electron chi connectivity index (χ3n) is 6.90. The van der Waals surface area contributed by atoms with Crippen molar-refractivity contribution in [3.05, 3.63) is 24.2 Å². The fourth-order valence-corrected chi connectivity index (χ4v) is 5.22. The Labute approximate surface area is 170 Å². The van der Waals surface area contributed by atoms with Crippen molar-refractivity contribution in [1.82, 2.24) is 25.2 Å². The molecule has 3 fully saturated rings. The molecule has 2 aromatic rings. The Morgan fingerprint density at radius 3 is 2.83 bits per heavy atom. The number of imidazole rings is 1.